The van der Waals surface area contributed by atoms with Crippen molar-refractivity contribution < 1.29 is 17.7 Å². The molecule has 122 valence electrons. The fraction of sp³-hybridized carbons (Fsp3) is 0.769. The smallest absolute Gasteiger partial charge is 0.233 e. The molecule has 0 saturated carbocycles. The second kappa shape index (κ2) is 5.62. The maximum Gasteiger partial charge on any atom is 0.233 e. The molecule has 0 spiro atoms. The molecule has 22 heavy (non-hydrogen) atoms. The number of hydrogen-bond donors (Lipinski definition) is 0. The Morgan fingerprint density at radius 2 is 1.91 bits per heavy atom. The molecule has 0 aromatic carbocycles. The van der Waals surface area contributed by atoms with Crippen LogP contribution in [-0.2, 0) is 14.8 Å². The SMILES string of the molecule is Cc1noc(C2CN(C(=O)C3CCN(S(C)(=O)=O)CC3)C2)n1. The molecule has 1 aromatic heterocycles. The Bertz CT molecular complexity index is 657. The number of carbonyl (C=O) groups excluding carboxylic acids is 1. The molecule has 2 saturated heterocycles. The molecule has 1 amide bonds. The number of likely N-dealkylation sites (tertiary alicyclic amines) is 1. The first-order valence-corrected chi connectivity index (χ1v) is 9.23. The van der Waals surface area contributed by atoms with E-state index in [4.69, 9.17) is 4.52 Å². The summed E-state index contributed by atoms with van der Waals surface area (Å²) in [5.41, 5.74) is 0. The molecule has 0 aliphatic carbocycles. The molecule has 3 rings (SSSR count). The number of sulfonamides is 1. The van der Waals surface area contributed by atoms with Gasteiger partial charge in [-0.15, -0.1) is 0 Å². The lowest BCUT2D eigenvalue weighted by molar-refractivity contribution is -0.141. The fourth-order valence-corrected chi connectivity index (χ4v) is 3.86. The number of aromatic nitrogens is 2. The van der Waals surface area contributed by atoms with Crippen LogP contribution in [0, 0.1) is 12.8 Å². The predicted octanol–water partition coefficient (Wildman–Crippen LogP) is -0.0246. The third kappa shape index (κ3) is 3.00. The van der Waals surface area contributed by atoms with Crippen molar-refractivity contribution in [3.63, 3.8) is 0 Å². The molecular formula is C13H20N4O4S. The topological polar surface area (TPSA) is 96.6 Å². The molecule has 8 nitrogen and oxygen atoms in total. The van der Waals surface area contributed by atoms with Gasteiger partial charge in [-0.2, -0.15) is 4.98 Å². The van der Waals surface area contributed by atoms with Crippen molar-refractivity contribution in [1.82, 2.24) is 19.3 Å². The van der Waals surface area contributed by atoms with Crippen LogP contribution in [0.3, 0.4) is 0 Å². The summed E-state index contributed by atoms with van der Waals surface area (Å²) in [4.78, 5) is 18.4. The van der Waals surface area contributed by atoms with E-state index in [0.29, 0.717) is 50.7 Å². The highest BCUT2D eigenvalue weighted by Crippen LogP contribution is 2.29. The zero-order valence-electron chi connectivity index (χ0n) is 12.7. The molecule has 1 aromatic rings. The van der Waals surface area contributed by atoms with Crippen LogP contribution in [0.4, 0.5) is 0 Å². The molecule has 0 N–H and O–H groups in total. The lowest BCUT2D eigenvalue weighted by atomic mass is 9.92. The highest BCUT2D eigenvalue weighted by Gasteiger charge is 2.39. The maximum atomic E-state index is 12.4. The Kier molecular flexibility index (Phi) is 3.94. The van der Waals surface area contributed by atoms with E-state index in [9.17, 15) is 13.2 Å². The highest BCUT2D eigenvalue weighted by atomic mass is 32.2. The Balaban J connectivity index is 1.50. The Labute approximate surface area is 129 Å². The van der Waals surface area contributed by atoms with Crippen molar-refractivity contribution in [3.05, 3.63) is 11.7 Å². The summed E-state index contributed by atoms with van der Waals surface area (Å²) in [6.45, 7) is 3.83. The van der Waals surface area contributed by atoms with Crippen LogP contribution in [0.2, 0.25) is 0 Å². The van der Waals surface area contributed by atoms with Gasteiger partial charge in [-0.1, -0.05) is 5.16 Å². The first-order valence-electron chi connectivity index (χ1n) is 7.38. The fourth-order valence-electron chi connectivity index (χ4n) is 2.99. The van der Waals surface area contributed by atoms with Crippen molar-refractivity contribution >= 4 is 15.9 Å². The lowest BCUT2D eigenvalue weighted by Gasteiger charge is -2.40. The Morgan fingerprint density at radius 1 is 1.27 bits per heavy atom. The number of carbonyl (C=O) groups is 1. The minimum absolute atomic E-state index is 0.0802. The van der Waals surface area contributed by atoms with Crippen molar-refractivity contribution in [1.29, 1.82) is 0 Å². The van der Waals surface area contributed by atoms with Gasteiger partial charge in [-0.25, -0.2) is 12.7 Å². The quantitative estimate of drug-likeness (QED) is 0.773. The van der Waals surface area contributed by atoms with Crippen molar-refractivity contribution in [2.24, 2.45) is 5.92 Å². The van der Waals surface area contributed by atoms with Crippen LogP contribution in [0.1, 0.15) is 30.5 Å². The first kappa shape index (κ1) is 15.4. The van der Waals surface area contributed by atoms with Gasteiger partial charge in [0.1, 0.15) is 0 Å². The van der Waals surface area contributed by atoms with E-state index in [-0.39, 0.29) is 17.7 Å². The summed E-state index contributed by atoms with van der Waals surface area (Å²) >= 11 is 0. The third-order valence-corrected chi connectivity index (χ3v) is 5.66. The van der Waals surface area contributed by atoms with E-state index < -0.39 is 10.0 Å². The highest BCUT2D eigenvalue weighted by molar-refractivity contribution is 7.88. The number of piperidine rings is 1. The summed E-state index contributed by atoms with van der Waals surface area (Å²) in [7, 11) is -3.15. The van der Waals surface area contributed by atoms with Crippen molar-refractivity contribution in [3.8, 4) is 0 Å². The molecule has 0 unspecified atom stereocenters. The zero-order valence-corrected chi connectivity index (χ0v) is 13.5. The summed E-state index contributed by atoms with van der Waals surface area (Å²) < 4.78 is 29.5. The van der Waals surface area contributed by atoms with Gasteiger partial charge in [0, 0.05) is 32.1 Å². The molecule has 2 aliphatic heterocycles. The molecule has 2 fully saturated rings. The minimum atomic E-state index is -3.15. The van der Waals surface area contributed by atoms with Crippen molar-refractivity contribution in [2.75, 3.05) is 32.4 Å². The third-order valence-electron chi connectivity index (χ3n) is 4.36. The second-order valence-corrected chi connectivity index (χ2v) is 8.04. The first-order chi connectivity index (χ1) is 10.3. The van der Waals surface area contributed by atoms with E-state index in [1.807, 2.05) is 0 Å². The Hall–Kier alpha value is -1.48. The van der Waals surface area contributed by atoms with Crippen LogP contribution >= 0.6 is 0 Å². The molecule has 0 bridgehead atoms. The normalized spacial score (nSPS) is 21.8. The number of nitrogens with zero attached hydrogens (tertiary/aromatic N) is 4. The Morgan fingerprint density at radius 3 is 2.41 bits per heavy atom. The molecular weight excluding hydrogens is 308 g/mol. The van der Waals surface area contributed by atoms with E-state index in [1.165, 1.54) is 10.6 Å². The van der Waals surface area contributed by atoms with Gasteiger partial charge in [0.25, 0.3) is 0 Å². The van der Waals surface area contributed by atoms with Gasteiger partial charge in [0.05, 0.1) is 12.2 Å². The van der Waals surface area contributed by atoms with Crippen LogP contribution in [0.5, 0.6) is 0 Å². The maximum absolute atomic E-state index is 12.4. The van der Waals surface area contributed by atoms with E-state index >= 15 is 0 Å². The molecule has 3 heterocycles. The number of rotatable bonds is 3. The minimum Gasteiger partial charge on any atom is -0.341 e. The summed E-state index contributed by atoms with van der Waals surface area (Å²) in [6, 6.07) is 0. The summed E-state index contributed by atoms with van der Waals surface area (Å²) in [5.74, 6) is 1.35. The zero-order chi connectivity index (χ0) is 15.9. The van der Waals surface area contributed by atoms with Crippen LogP contribution in [-0.4, -0.2) is 66.1 Å². The predicted molar refractivity (Wildman–Crippen MR) is 77.5 cm³/mol. The van der Waals surface area contributed by atoms with Gasteiger partial charge in [-0.3, -0.25) is 4.79 Å². The van der Waals surface area contributed by atoms with Crippen LogP contribution < -0.4 is 0 Å². The molecule has 0 atom stereocenters. The molecule has 0 radical (unpaired) electrons. The van der Waals surface area contributed by atoms with Gasteiger partial charge >= 0.3 is 0 Å². The van der Waals surface area contributed by atoms with E-state index in [0.717, 1.165) is 0 Å². The van der Waals surface area contributed by atoms with E-state index in [1.54, 1.807) is 11.8 Å². The molecule has 9 heteroatoms. The van der Waals surface area contributed by atoms with Gasteiger partial charge < -0.3 is 9.42 Å². The van der Waals surface area contributed by atoms with Gasteiger partial charge in [0.15, 0.2) is 5.82 Å². The second-order valence-electron chi connectivity index (χ2n) is 6.06. The van der Waals surface area contributed by atoms with Crippen LogP contribution in [0.15, 0.2) is 4.52 Å². The monoisotopic (exact) mass is 328 g/mol. The average molecular weight is 328 g/mol. The number of aryl methyl sites for hydroxylation is 1. The van der Waals surface area contributed by atoms with Gasteiger partial charge in [0.2, 0.25) is 21.8 Å². The standard InChI is InChI=1S/C13H20N4O4S/c1-9-14-12(21-15-9)11-7-16(8-11)13(18)10-3-5-17(6-4-10)22(2,19)20/h10-11H,3-8H2,1-2H3. The number of amides is 1. The summed E-state index contributed by atoms with van der Waals surface area (Å²) in [5, 5.41) is 3.76. The van der Waals surface area contributed by atoms with E-state index in [2.05, 4.69) is 10.1 Å². The average Bonchev–Trinajstić information content (AvgIpc) is 2.82. The van der Waals surface area contributed by atoms with Gasteiger partial charge in [-0.05, 0) is 19.8 Å². The lowest BCUT2D eigenvalue weighted by Crippen LogP contribution is -2.52. The largest absolute Gasteiger partial charge is 0.341 e. The van der Waals surface area contributed by atoms with Crippen LogP contribution in [0.25, 0.3) is 0 Å². The number of hydrogen-bond acceptors (Lipinski definition) is 6. The molecule has 2 aliphatic rings. The van der Waals surface area contributed by atoms with Crippen molar-refractivity contribution in [2.45, 2.75) is 25.7 Å². The summed E-state index contributed by atoms with van der Waals surface area (Å²) in [6.07, 6.45) is 2.39.